The van der Waals surface area contributed by atoms with Gasteiger partial charge in [-0.3, -0.25) is 4.79 Å². The summed E-state index contributed by atoms with van der Waals surface area (Å²) in [5, 5.41) is 21.5. The van der Waals surface area contributed by atoms with E-state index >= 15 is 0 Å². The third-order valence-electron chi connectivity index (χ3n) is 4.36. The van der Waals surface area contributed by atoms with Crippen molar-refractivity contribution < 1.29 is 15.0 Å². The van der Waals surface area contributed by atoms with Gasteiger partial charge in [0.25, 0.3) is 0 Å². The first-order chi connectivity index (χ1) is 9.24. The number of aliphatic carboxylic acids is 1. The molecule has 1 aromatic carbocycles. The zero-order valence-corrected chi connectivity index (χ0v) is 13.5. The molecule has 2 N–H and O–H groups in total. The van der Waals surface area contributed by atoms with Crippen LogP contribution >= 0.6 is 0 Å². The van der Waals surface area contributed by atoms with Crippen molar-refractivity contribution in [2.75, 3.05) is 0 Å². The summed E-state index contributed by atoms with van der Waals surface area (Å²) in [5.74, 6) is -1.73. The summed E-state index contributed by atoms with van der Waals surface area (Å²) in [6.45, 7) is 6.80. The van der Waals surface area contributed by atoms with Crippen LogP contribution in [-0.2, 0) is 4.79 Å². The van der Waals surface area contributed by atoms with Gasteiger partial charge < -0.3 is 10.2 Å². The van der Waals surface area contributed by atoms with E-state index in [1.807, 2.05) is 24.3 Å². The molecule has 0 saturated heterocycles. The van der Waals surface area contributed by atoms with Gasteiger partial charge in [-0.2, -0.15) is 0 Å². The number of hydrogen-bond acceptors (Lipinski definition) is 2. The maximum Gasteiger partial charge on any atom is 0.313 e. The van der Waals surface area contributed by atoms with E-state index in [1.54, 1.807) is 0 Å². The number of carboxylic acid groups (broad SMARTS) is 1. The second kappa shape index (κ2) is 5.33. The largest absolute Gasteiger partial charge is 0.481 e. The van der Waals surface area contributed by atoms with Crippen molar-refractivity contribution in [3.05, 3.63) is 29.8 Å². The van der Waals surface area contributed by atoms with Gasteiger partial charge in [0.15, 0.2) is 0 Å². The zero-order chi connectivity index (χ0) is 15.0. The van der Waals surface area contributed by atoms with Crippen LogP contribution in [0.5, 0.6) is 0 Å². The lowest BCUT2D eigenvalue weighted by Gasteiger charge is -2.30. The summed E-state index contributed by atoms with van der Waals surface area (Å²) < 4.78 is 0. The standard InChI is InChI=1S/C16H24O3Si/c1-20(2,3)13-8-6-12(7-9-13)14(15(17)18)16(19)10-4-5-11-16/h6-9,14,19H,4-5,10-11H2,1-3H3,(H,17,18)/t14-/m1/s1. The van der Waals surface area contributed by atoms with E-state index in [0.29, 0.717) is 12.8 Å². The molecule has 2 rings (SSSR count). The molecule has 20 heavy (non-hydrogen) atoms. The fourth-order valence-corrected chi connectivity index (χ4v) is 4.30. The van der Waals surface area contributed by atoms with Gasteiger partial charge in [-0.25, -0.2) is 0 Å². The molecule has 0 spiro atoms. The van der Waals surface area contributed by atoms with Crippen molar-refractivity contribution >= 4 is 19.2 Å². The van der Waals surface area contributed by atoms with Crippen LogP contribution in [0.15, 0.2) is 24.3 Å². The van der Waals surface area contributed by atoms with Gasteiger partial charge in [-0.15, -0.1) is 0 Å². The average molecular weight is 292 g/mol. The number of carbonyl (C=O) groups is 1. The van der Waals surface area contributed by atoms with Gasteiger partial charge in [-0.05, 0) is 18.4 Å². The molecule has 0 heterocycles. The minimum Gasteiger partial charge on any atom is -0.481 e. The van der Waals surface area contributed by atoms with E-state index < -0.39 is 25.6 Å². The Bertz CT molecular complexity index is 481. The zero-order valence-electron chi connectivity index (χ0n) is 12.5. The summed E-state index contributed by atoms with van der Waals surface area (Å²) >= 11 is 0. The fourth-order valence-electron chi connectivity index (χ4n) is 3.13. The lowest BCUT2D eigenvalue weighted by atomic mass is 9.81. The van der Waals surface area contributed by atoms with E-state index in [9.17, 15) is 15.0 Å². The molecule has 4 heteroatoms. The molecule has 1 atom stereocenters. The first kappa shape index (κ1) is 15.3. The Morgan fingerprint density at radius 2 is 1.65 bits per heavy atom. The molecule has 1 fully saturated rings. The molecule has 3 nitrogen and oxygen atoms in total. The van der Waals surface area contributed by atoms with Gasteiger partial charge in [0, 0.05) is 0 Å². The molecule has 110 valence electrons. The SMILES string of the molecule is C[Si](C)(C)c1ccc([C@H](C(=O)O)C2(O)CCCC2)cc1. The van der Waals surface area contributed by atoms with Crippen molar-refractivity contribution in [3.8, 4) is 0 Å². The monoisotopic (exact) mass is 292 g/mol. The van der Waals surface area contributed by atoms with Crippen LogP contribution in [0.4, 0.5) is 0 Å². The molecule has 1 aromatic rings. The van der Waals surface area contributed by atoms with Crippen molar-refractivity contribution in [1.29, 1.82) is 0 Å². The topological polar surface area (TPSA) is 57.5 Å². The van der Waals surface area contributed by atoms with Crippen molar-refractivity contribution in [3.63, 3.8) is 0 Å². The number of carboxylic acids is 1. The predicted octanol–water partition coefficient (Wildman–Crippen LogP) is 2.71. The predicted molar refractivity (Wildman–Crippen MR) is 83.2 cm³/mol. The summed E-state index contributed by atoms with van der Waals surface area (Å²) in [6, 6.07) is 7.86. The highest BCUT2D eigenvalue weighted by Gasteiger charge is 2.44. The van der Waals surface area contributed by atoms with Crippen LogP contribution in [0, 0.1) is 0 Å². The highest BCUT2D eigenvalue weighted by atomic mass is 28.3. The molecular formula is C16H24O3Si. The molecule has 0 radical (unpaired) electrons. The van der Waals surface area contributed by atoms with Gasteiger partial charge in [-0.1, -0.05) is 61.9 Å². The lowest BCUT2D eigenvalue weighted by Crippen LogP contribution is -2.39. The normalized spacial score (nSPS) is 19.8. The van der Waals surface area contributed by atoms with Crippen LogP contribution < -0.4 is 5.19 Å². The average Bonchev–Trinajstić information content (AvgIpc) is 2.75. The lowest BCUT2D eigenvalue weighted by molar-refractivity contribution is -0.145. The Hall–Kier alpha value is -1.13. The third-order valence-corrected chi connectivity index (χ3v) is 6.43. The maximum absolute atomic E-state index is 11.6. The summed E-state index contributed by atoms with van der Waals surface area (Å²) in [7, 11) is -1.38. The summed E-state index contributed by atoms with van der Waals surface area (Å²) in [6.07, 6.45) is 2.99. The van der Waals surface area contributed by atoms with Crippen LogP contribution in [-0.4, -0.2) is 29.9 Å². The van der Waals surface area contributed by atoms with Gasteiger partial charge in [0.2, 0.25) is 0 Å². The molecule has 0 amide bonds. The smallest absolute Gasteiger partial charge is 0.313 e. The Morgan fingerprint density at radius 3 is 2.05 bits per heavy atom. The maximum atomic E-state index is 11.6. The first-order valence-electron chi connectivity index (χ1n) is 7.30. The molecular weight excluding hydrogens is 268 g/mol. The molecule has 1 aliphatic rings. The number of hydrogen-bond donors (Lipinski definition) is 2. The van der Waals surface area contributed by atoms with Crippen molar-refractivity contribution in [2.24, 2.45) is 0 Å². The van der Waals surface area contributed by atoms with Crippen LogP contribution in [0.2, 0.25) is 19.6 Å². The highest BCUT2D eigenvalue weighted by Crippen LogP contribution is 2.41. The Morgan fingerprint density at radius 1 is 1.15 bits per heavy atom. The highest BCUT2D eigenvalue weighted by molar-refractivity contribution is 6.88. The van der Waals surface area contributed by atoms with E-state index in [2.05, 4.69) is 19.6 Å². The first-order valence-corrected chi connectivity index (χ1v) is 10.8. The molecule has 1 aliphatic carbocycles. The van der Waals surface area contributed by atoms with E-state index in [4.69, 9.17) is 0 Å². The van der Waals surface area contributed by atoms with Crippen LogP contribution in [0.25, 0.3) is 0 Å². The van der Waals surface area contributed by atoms with E-state index in [-0.39, 0.29) is 0 Å². The van der Waals surface area contributed by atoms with Gasteiger partial charge in [0.1, 0.15) is 5.92 Å². The number of rotatable bonds is 4. The summed E-state index contributed by atoms with van der Waals surface area (Å²) in [4.78, 5) is 11.6. The molecule has 0 aliphatic heterocycles. The molecule has 0 unspecified atom stereocenters. The van der Waals surface area contributed by atoms with Gasteiger partial charge in [0.05, 0.1) is 13.7 Å². The quantitative estimate of drug-likeness (QED) is 0.839. The van der Waals surface area contributed by atoms with Crippen LogP contribution in [0.3, 0.4) is 0 Å². The van der Waals surface area contributed by atoms with E-state index in [0.717, 1.165) is 18.4 Å². The van der Waals surface area contributed by atoms with E-state index in [1.165, 1.54) is 5.19 Å². The molecule has 1 saturated carbocycles. The number of aliphatic hydroxyl groups is 1. The molecule has 0 aromatic heterocycles. The minimum atomic E-state index is -1.38. The minimum absolute atomic E-state index is 0.583. The second-order valence-corrected chi connectivity index (χ2v) is 12.0. The van der Waals surface area contributed by atoms with Crippen molar-refractivity contribution in [2.45, 2.75) is 56.8 Å². The Kier molecular flexibility index (Phi) is 4.07. The van der Waals surface area contributed by atoms with Crippen LogP contribution in [0.1, 0.15) is 37.2 Å². The Balaban J connectivity index is 2.33. The fraction of sp³-hybridized carbons (Fsp3) is 0.562. The number of benzene rings is 1. The Labute approximate surface area is 121 Å². The van der Waals surface area contributed by atoms with Gasteiger partial charge >= 0.3 is 5.97 Å². The third kappa shape index (κ3) is 2.96. The second-order valence-electron chi connectivity index (χ2n) is 6.95. The van der Waals surface area contributed by atoms with Crippen molar-refractivity contribution in [1.82, 2.24) is 0 Å². The molecule has 0 bridgehead atoms. The summed E-state index contributed by atoms with van der Waals surface area (Å²) in [5.41, 5.74) is -0.351.